The van der Waals surface area contributed by atoms with Crippen molar-refractivity contribution in [3.05, 3.63) is 0 Å². The Morgan fingerprint density at radius 2 is 2.05 bits per heavy atom. The van der Waals surface area contributed by atoms with E-state index in [0.29, 0.717) is 19.7 Å². The molecule has 2 fully saturated rings. The second-order valence-corrected chi connectivity index (χ2v) is 6.27. The van der Waals surface area contributed by atoms with Crippen molar-refractivity contribution < 1.29 is 19.2 Å². The summed E-state index contributed by atoms with van der Waals surface area (Å²) >= 11 is 0. The van der Waals surface area contributed by atoms with Gasteiger partial charge in [-0.2, -0.15) is 0 Å². The van der Waals surface area contributed by atoms with Crippen molar-refractivity contribution in [3.63, 3.8) is 0 Å². The van der Waals surface area contributed by atoms with E-state index >= 15 is 0 Å². The van der Waals surface area contributed by atoms with Gasteiger partial charge in [-0.25, -0.2) is 15.1 Å². The Bertz CT molecular complexity index is 383. The number of likely N-dealkylation sites (tertiary alicyclic amines) is 1. The molecule has 2 rings (SSSR count). The van der Waals surface area contributed by atoms with Crippen molar-refractivity contribution in [2.45, 2.75) is 58.3 Å². The molecule has 2 aliphatic rings. The Hall–Kier alpha value is -1.34. The molecule has 2 atom stereocenters. The van der Waals surface area contributed by atoms with Crippen LogP contribution in [0.1, 0.15) is 46.0 Å². The normalized spacial score (nSPS) is 25.9. The van der Waals surface area contributed by atoms with Crippen LogP contribution in [0.15, 0.2) is 0 Å². The molecular weight excluding hydrogens is 286 g/mol. The minimum absolute atomic E-state index is 0.0912. The third-order valence-electron chi connectivity index (χ3n) is 3.92. The van der Waals surface area contributed by atoms with Gasteiger partial charge in [-0.05, 0) is 39.5 Å². The van der Waals surface area contributed by atoms with E-state index in [0.717, 1.165) is 32.1 Å². The van der Waals surface area contributed by atoms with Crippen molar-refractivity contribution >= 4 is 11.9 Å². The van der Waals surface area contributed by atoms with E-state index < -0.39 is 0 Å². The zero-order valence-electron chi connectivity index (χ0n) is 13.5. The summed E-state index contributed by atoms with van der Waals surface area (Å²) in [6.07, 6.45) is 4.13. The fourth-order valence-electron chi connectivity index (χ4n) is 2.73. The molecule has 126 valence electrons. The third kappa shape index (κ3) is 5.14. The lowest BCUT2D eigenvalue weighted by atomic mass is 9.98. The van der Waals surface area contributed by atoms with E-state index in [9.17, 15) is 9.59 Å². The van der Waals surface area contributed by atoms with Gasteiger partial charge in [0.05, 0.1) is 5.92 Å². The topological polar surface area (TPSA) is 79.9 Å². The van der Waals surface area contributed by atoms with Crippen molar-refractivity contribution in [2.75, 3.05) is 19.7 Å². The zero-order chi connectivity index (χ0) is 15.9. The Morgan fingerprint density at radius 1 is 1.23 bits per heavy atom. The van der Waals surface area contributed by atoms with Crippen LogP contribution in [-0.4, -0.2) is 48.9 Å². The number of nitrogens with one attached hydrogen (secondary N) is 2. The number of carbonyl (C=O) groups excluding carboxylic acids is 2. The number of hydrogen-bond acceptors (Lipinski definition) is 4. The molecule has 0 spiro atoms. The van der Waals surface area contributed by atoms with Crippen molar-refractivity contribution in [2.24, 2.45) is 5.92 Å². The van der Waals surface area contributed by atoms with Crippen LogP contribution in [0.4, 0.5) is 4.79 Å². The molecule has 2 heterocycles. The largest absolute Gasteiger partial charge is 0.350 e. The highest BCUT2D eigenvalue weighted by molar-refractivity contribution is 5.80. The van der Waals surface area contributed by atoms with Crippen LogP contribution in [-0.2, 0) is 14.4 Å². The Kier molecular flexibility index (Phi) is 6.45. The van der Waals surface area contributed by atoms with Gasteiger partial charge in [-0.3, -0.25) is 4.79 Å². The van der Waals surface area contributed by atoms with Gasteiger partial charge in [0, 0.05) is 32.2 Å². The van der Waals surface area contributed by atoms with E-state index in [4.69, 9.17) is 9.57 Å². The van der Waals surface area contributed by atoms with Crippen LogP contribution >= 0.6 is 0 Å². The summed E-state index contributed by atoms with van der Waals surface area (Å²) in [5, 5.41) is 2.86. The van der Waals surface area contributed by atoms with E-state index in [2.05, 4.69) is 10.8 Å². The first-order chi connectivity index (χ1) is 10.6. The highest BCUT2D eigenvalue weighted by atomic mass is 16.8. The Labute approximate surface area is 131 Å². The van der Waals surface area contributed by atoms with E-state index in [1.165, 1.54) is 0 Å². The summed E-state index contributed by atoms with van der Waals surface area (Å²) in [6.45, 7) is 5.63. The molecule has 0 radical (unpaired) electrons. The molecule has 0 aromatic carbocycles. The molecule has 0 aromatic heterocycles. The molecule has 3 amide bonds. The van der Waals surface area contributed by atoms with Gasteiger partial charge in [0.2, 0.25) is 5.91 Å². The number of hydrogen-bond donors (Lipinski definition) is 2. The average Bonchev–Trinajstić information content (AvgIpc) is 2.53. The molecule has 2 aliphatic heterocycles. The quantitative estimate of drug-likeness (QED) is 0.769. The summed E-state index contributed by atoms with van der Waals surface area (Å²) in [5.74, 6) is -0.397. The SMILES string of the molecule is CC(C)NC(=O)N1CCC[C@@H](C(=O)NO[C@@H]2CCCCO2)C1. The second kappa shape index (κ2) is 8.33. The summed E-state index contributed by atoms with van der Waals surface area (Å²) in [7, 11) is 0. The minimum Gasteiger partial charge on any atom is -0.350 e. The number of piperidine rings is 1. The number of urea groups is 1. The molecule has 7 heteroatoms. The van der Waals surface area contributed by atoms with Gasteiger partial charge < -0.3 is 15.0 Å². The van der Waals surface area contributed by atoms with Gasteiger partial charge in [0.1, 0.15) is 0 Å². The number of amides is 3. The van der Waals surface area contributed by atoms with Gasteiger partial charge in [-0.15, -0.1) is 0 Å². The van der Waals surface area contributed by atoms with E-state index in [1.807, 2.05) is 13.8 Å². The number of nitrogens with zero attached hydrogens (tertiary/aromatic N) is 1. The van der Waals surface area contributed by atoms with Crippen molar-refractivity contribution in [1.29, 1.82) is 0 Å². The number of hydroxylamine groups is 1. The fraction of sp³-hybridized carbons (Fsp3) is 0.867. The molecule has 7 nitrogen and oxygen atoms in total. The molecule has 0 saturated carbocycles. The summed E-state index contributed by atoms with van der Waals surface area (Å²) in [6, 6.07) is -0.0162. The summed E-state index contributed by atoms with van der Waals surface area (Å²) in [4.78, 5) is 31.2. The van der Waals surface area contributed by atoms with Crippen molar-refractivity contribution in [1.82, 2.24) is 15.7 Å². The van der Waals surface area contributed by atoms with Crippen LogP contribution in [0.25, 0.3) is 0 Å². The lowest BCUT2D eigenvalue weighted by Crippen LogP contribution is -2.50. The standard InChI is InChI=1S/C15H27N3O4/c1-11(2)16-15(20)18-8-5-6-12(10-18)14(19)17-22-13-7-3-4-9-21-13/h11-13H,3-10H2,1-2H3,(H,16,20)(H,17,19)/t12-,13-/m1/s1. The lowest BCUT2D eigenvalue weighted by molar-refractivity contribution is -0.202. The van der Waals surface area contributed by atoms with E-state index in [-0.39, 0.29) is 30.2 Å². The molecule has 0 aliphatic carbocycles. The van der Waals surface area contributed by atoms with Crippen LogP contribution in [0.5, 0.6) is 0 Å². The van der Waals surface area contributed by atoms with Gasteiger partial charge >= 0.3 is 6.03 Å². The smallest absolute Gasteiger partial charge is 0.317 e. The summed E-state index contributed by atoms with van der Waals surface area (Å²) in [5.41, 5.74) is 2.50. The van der Waals surface area contributed by atoms with Gasteiger partial charge in [-0.1, -0.05) is 0 Å². The number of rotatable bonds is 4. The molecule has 22 heavy (non-hydrogen) atoms. The van der Waals surface area contributed by atoms with Crippen LogP contribution in [0.3, 0.4) is 0 Å². The van der Waals surface area contributed by atoms with Crippen LogP contribution in [0.2, 0.25) is 0 Å². The number of carbonyl (C=O) groups is 2. The Balaban J connectivity index is 1.75. The van der Waals surface area contributed by atoms with Crippen LogP contribution < -0.4 is 10.8 Å². The fourth-order valence-corrected chi connectivity index (χ4v) is 2.73. The van der Waals surface area contributed by atoms with Gasteiger partial charge in [0.25, 0.3) is 0 Å². The van der Waals surface area contributed by atoms with E-state index in [1.54, 1.807) is 4.90 Å². The lowest BCUT2D eigenvalue weighted by Gasteiger charge is -2.32. The maximum Gasteiger partial charge on any atom is 0.317 e. The molecule has 0 unspecified atom stereocenters. The molecule has 2 saturated heterocycles. The first-order valence-corrected chi connectivity index (χ1v) is 8.19. The molecular formula is C15H27N3O4. The average molecular weight is 313 g/mol. The third-order valence-corrected chi connectivity index (χ3v) is 3.92. The highest BCUT2D eigenvalue weighted by Gasteiger charge is 2.29. The Morgan fingerprint density at radius 3 is 2.73 bits per heavy atom. The second-order valence-electron chi connectivity index (χ2n) is 6.27. The first-order valence-electron chi connectivity index (χ1n) is 8.19. The maximum atomic E-state index is 12.2. The van der Waals surface area contributed by atoms with Crippen LogP contribution in [0, 0.1) is 5.92 Å². The first kappa shape index (κ1) is 17.0. The predicted octanol–water partition coefficient (Wildman–Crippen LogP) is 1.39. The number of ether oxygens (including phenoxy) is 1. The van der Waals surface area contributed by atoms with Gasteiger partial charge in [0.15, 0.2) is 6.29 Å². The molecule has 2 N–H and O–H groups in total. The highest BCUT2D eigenvalue weighted by Crippen LogP contribution is 2.18. The molecule has 0 aromatic rings. The minimum atomic E-state index is -0.346. The summed E-state index contributed by atoms with van der Waals surface area (Å²) < 4.78 is 5.41. The molecule has 0 bridgehead atoms. The maximum absolute atomic E-state index is 12.2. The predicted molar refractivity (Wildman–Crippen MR) is 80.8 cm³/mol. The van der Waals surface area contributed by atoms with Crippen molar-refractivity contribution in [3.8, 4) is 0 Å². The monoisotopic (exact) mass is 313 g/mol. The zero-order valence-corrected chi connectivity index (χ0v) is 13.5.